The van der Waals surface area contributed by atoms with Crippen LogP contribution in [0.5, 0.6) is 5.75 Å². The number of hydrogen-bond donors (Lipinski definition) is 2. The maximum absolute atomic E-state index is 12.2. The van der Waals surface area contributed by atoms with Gasteiger partial charge in [0, 0.05) is 10.2 Å². The van der Waals surface area contributed by atoms with Crippen LogP contribution in [0.15, 0.2) is 64.3 Å². The van der Waals surface area contributed by atoms with E-state index in [9.17, 15) is 4.79 Å². The van der Waals surface area contributed by atoms with Gasteiger partial charge in [-0.1, -0.05) is 40.2 Å². The molecule has 1 unspecified atom stereocenters. The Morgan fingerprint density at radius 1 is 1.21 bits per heavy atom. The van der Waals surface area contributed by atoms with Crippen molar-refractivity contribution in [2.75, 3.05) is 12.4 Å². The summed E-state index contributed by atoms with van der Waals surface area (Å²) in [5, 5.41) is 7.83. The van der Waals surface area contributed by atoms with E-state index in [1.54, 1.807) is 11.8 Å². The van der Waals surface area contributed by atoms with E-state index in [0.29, 0.717) is 28.8 Å². The van der Waals surface area contributed by atoms with Gasteiger partial charge in [0.1, 0.15) is 11.8 Å². The van der Waals surface area contributed by atoms with Gasteiger partial charge >= 0.3 is 0 Å². The number of amides is 1. The van der Waals surface area contributed by atoms with E-state index in [1.807, 2.05) is 55.5 Å². The van der Waals surface area contributed by atoms with Crippen molar-refractivity contribution in [1.82, 2.24) is 14.8 Å². The van der Waals surface area contributed by atoms with Crippen molar-refractivity contribution in [3.63, 3.8) is 0 Å². The third-order valence-corrected chi connectivity index (χ3v) is 5.18. The van der Waals surface area contributed by atoms with E-state index in [-0.39, 0.29) is 0 Å². The molecule has 1 aromatic heterocycles. The minimum atomic E-state index is -0.502. The van der Waals surface area contributed by atoms with Gasteiger partial charge in [0.05, 0.1) is 18.2 Å². The molecule has 0 bridgehead atoms. The van der Waals surface area contributed by atoms with Crippen LogP contribution in [-0.2, 0) is 4.79 Å². The molecular formula is C20H18BrN5O2. The van der Waals surface area contributed by atoms with Crippen molar-refractivity contribution in [3.8, 4) is 17.1 Å². The van der Waals surface area contributed by atoms with E-state index in [2.05, 4.69) is 31.3 Å². The van der Waals surface area contributed by atoms with E-state index in [4.69, 9.17) is 10.5 Å². The molecule has 0 saturated heterocycles. The lowest BCUT2D eigenvalue weighted by Crippen LogP contribution is -2.31. The number of rotatable bonds is 4. The molecule has 0 radical (unpaired) electrons. The molecule has 4 rings (SSSR count). The molecule has 3 N–H and O–H groups in total. The van der Waals surface area contributed by atoms with Crippen LogP contribution in [0.1, 0.15) is 18.5 Å². The lowest BCUT2D eigenvalue weighted by atomic mass is 9.95. The number of allylic oxidation sites excluding steroid dienone is 1. The van der Waals surface area contributed by atoms with Gasteiger partial charge in [-0.15, -0.1) is 5.10 Å². The Bertz CT molecular complexity index is 1090. The minimum absolute atomic E-state index is 0.450. The van der Waals surface area contributed by atoms with Gasteiger partial charge in [0.2, 0.25) is 11.9 Å². The van der Waals surface area contributed by atoms with E-state index < -0.39 is 11.9 Å². The number of fused-ring (bicyclic) bond motifs is 1. The molecule has 0 saturated carbocycles. The van der Waals surface area contributed by atoms with Gasteiger partial charge in [-0.25, -0.2) is 4.68 Å². The molecule has 0 aliphatic carbocycles. The number of nitrogens with one attached hydrogen (secondary N) is 1. The third kappa shape index (κ3) is 3.05. The fraction of sp³-hybridized carbons (Fsp3) is 0.150. The number of benzene rings is 2. The van der Waals surface area contributed by atoms with Crippen LogP contribution in [0.25, 0.3) is 11.4 Å². The molecule has 1 atom stereocenters. The molecule has 28 heavy (non-hydrogen) atoms. The number of halogens is 1. The van der Waals surface area contributed by atoms with Gasteiger partial charge in [0.15, 0.2) is 5.82 Å². The summed E-state index contributed by atoms with van der Waals surface area (Å²) < 4.78 is 8.07. The number of para-hydroxylation sites is 1. The highest BCUT2D eigenvalue weighted by Crippen LogP contribution is 2.37. The minimum Gasteiger partial charge on any atom is -0.496 e. The van der Waals surface area contributed by atoms with Gasteiger partial charge in [0.25, 0.3) is 0 Å². The number of primary amides is 1. The molecule has 0 fully saturated rings. The van der Waals surface area contributed by atoms with Crippen molar-refractivity contribution in [1.29, 1.82) is 0 Å². The van der Waals surface area contributed by atoms with Crippen molar-refractivity contribution < 1.29 is 9.53 Å². The van der Waals surface area contributed by atoms with E-state index >= 15 is 0 Å². The molecule has 1 aliphatic rings. The first-order valence-electron chi connectivity index (χ1n) is 8.62. The number of anilines is 1. The normalized spacial score (nSPS) is 15.8. The number of methoxy groups -OCH3 is 1. The van der Waals surface area contributed by atoms with Gasteiger partial charge in [-0.05, 0) is 36.8 Å². The Hall–Kier alpha value is -3.13. The molecule has 1 amide bonds. The lowest BCUT2D eigenvalue weighted by molar-refractivity contribution is -0.115. The molecule has 8 heteroatoms. The van der Waals surface area contributed by atoms with Gasteiger partial charge in [-0.3, -0.25) is 4.79 Å². The standard InChI is InChI=1S/C20H18BrN5O2/c1-11-16(18(22)27)17(12-7-9-13(21)10-8-12)26-20(23-11)24-19(25-26)14-5-3-4-6-15(14)28-2/h3-10,17H,1-2H3,(H2,22,27)(H,23,24,25). The second-order valence-electron chi connectivity index (χ2n) is 6.39. The molecule has 7 nitrogen and oxygen atoms in total. The highest BCUT2D eigenvalue weighted by molar-refractivity contribution is 9.10. The lowest BCUT2D eigenvalue weighted by Gasteiger charge is -2.27. The highest BCUT2D eigenvalue weighted by Gasteiger charge is 2.33. The SMILES string of the molecule is COc1ccccc1-c1nc2n(n1)C(c1ccc(Br)cc1)C(C(N)=O)=C(C)N2. The molecule has 2 heterocycles. The Morgan fingerprint density at radius 2 is 1.93 bits per heavy atom. The maximum atomic E-state index is 12.2. The zero-order valence-electron chi connectivity index (χ0n) is 15.3. The largest absolute Gasteiger partial charge is 0.496 e. The fourth-order valence-corrected chi connectivity index (χ4v) is 3.63. The Morgan fingerprint density at radius 3 is 2.61 bits per heavy atom. The predicted octanol–water partition coefficient (Wildman–Crippen LogP) is 3.49. The number of carbonyl (C=O) groups excluding carboxylic acids is 1. The maximum Gasteiger partial charge on any atom is 0.248 e. The Balaban J connectivity index is 1.89. The molecule has 0 spiro atoms. The number of carbonyl (C=O) groups is 1. The number of nitrogens with zero attached hydrogens (tertiary/aromatic N) is 3. The predicted molar refractivity (Wildman–Crippen MR) is 110 cm³/mol. The zero-order valence-corrected chi connectivity index (χ0v) is 16.9. The van der Waals surface area contributed by atoms with Crippen LogP contribution in [0.2, 0.25) is 0 Å². The molecule has 1 aliphatic heterocycles. The van der Waals surface area contributed by atoms with Crippen molar-refractivity contribution in [2.45, 2.75) is 13.0 Å². The smallest absolute Gasteiger partial charge is 0.248 e. The Labute approximate surface area is 170 Å². The Kier molecular flexibility index (Phi) is 4.64. The van der Waals surface area contributed by atoms with Crippen LogP contribution >= 0.6 is 15.9 Å². The van der Waals surface area contributed by atoms with Gasteiger partial charge in [-0.2, -0.15) is 4.98 Å². The zero-order chi connectivity index (χ0) is 19.8. The number of nitrogens with two attached hydrogens (primary N) is 1. The summed E-state index contributed by atoms with van der Waals surface area (Å²) in [4.78, 5) is 16.9. The summed E-state index contributed by atoms with van der Waals surface area (Å²) in [5.74, 6) is 1.21. The van der Waals surface area contributed by atoms with E-state index in [1.165, 1.54) is 0 Å². The monoisotopic (exact) mass is 439 g/mol. The first-order valence-corrected chi connectivity index (χ1v) is 9.42. The number of ether oxygens (including phenoxy) is 1. The topological polar surface area (TPSA) is 95.1 Å². The van der Waals surface area contributed by atoms with Gasteiger partial charge < -0.3 is 15.8 Å². The fourth-order valence-electron chi connectivity index (χ4n) is 3.37. The average molecular weight is 440 g/mol. The van der Waals surface area contributed by atoms with Crippen molar-refractivity contribution in [2.24, 2.45) is 5.73 Å². The number of hydrogen-bond acceptors (Lipinski definition) is 5. The van der Waals surface area contributed by atoms with Crippen LogP contribution in [0.3, 0.4) is 0 Å². The average Bonchev–Trinajstić information content (AvgIpc) is 3.10. The molecular weight excluding hydrogens is 422 g/mol. The summed E-state index contributed by atoms with van der Waals surface area (Å²) in [6, 6.07) is 14.8. The van der Waals surface area contributed by atoms with Crippen LogP contribution in [0.4, 0.5) is 5.95 Å². The summed E-state index contributed by atoms with van der Waals surface area (Å²) in [5.41, 5.74) is 8.47. The van der Waals surface area contributed by atoms with Crippen molar-refractivity contribution in [3.05, 3.63) is 69.8 Å². The van der Waals surface area contributed by atoms with Crippen LogP contribution in [-0.4, -0.2) is 27.8 Å². The van der Waals surface area contributed by atoms with E-state index in [0.717, 1.165) is 15.6 Å². The molecule has 142 valence electrons. The number of aromatic nitrogens is 3. The third-order valence-electron chi connectivity index (χ3n) is 4.65. The summed E-state index contributed by atoms with van der Waals surface area (Å²) >= 11 is 3.44. The summed E-state index contributed by atoms with van der Waals surface area (Å²) in [6.45, 7) is 1.81. The second kappa shape index (κ2) is 7.12. The molecule has 2 aromatic carbocycles. The van der Waals surface area contributed by atoms with Crippen LogP contribution < -0.4 is 15.8 Å². The van der Waals surface area contributed by atoms with Crippen molar-refractivity contribution >= 4 is 27.8 Å². The summed E-state index contributed by atoms with van der Waals surface area (Å²) in [6.07, 6.45) is 0. The first-order chi connectivity index (χ1) is 13.5. The van der Waals surface area contributed by atoms with Crippen LogP contribution in [0, 0.1) is 0 Å². The second-order valence-corrected chi connectivity index (χ2v) is 7.30. The highest BCUT2D eigenvalue weighted by atomic mass is 79.9. The molecule has 3 aromatic rings. The summed E-state index contributed by atoms with van der Waals surface area (Å²) in [7, 11) is 1.61. The first kappa shape index (κ1) is 18.2. The quantitative estimate of drug-likeness (QED) is 0.648.